The van der Waals surface area contributed by atoms with Crippen LogP contribution in [0.1, 0.15) is 20.8 Å². The molecule has 1 heterocycles. The molecule has 6 nitrogen and oxygen atoms in total. The van der Waals surface area contributed by atoms with Gasteiger partial charge in [-0.1, -0.05) is 11.8 Å². The Labute approximate surface area is 92.8 Å². The Morgan fingerprint density at radius 1 is 1.47 bits per heavy atom. The van der Waals surface area contributed by atoms with Crippen LogP contribution >= 0.6 is 11.8 Å². The summed E-state index contributed by atoms with van der Waals surface area (Å²) in [7, 11) is 1.75. The highest BCUT2D eigenvalue weighted by molar-refractivity contribution is 8.00. The van der Waals surface area contributed by atoms with E-state index in [4.69, 9.17) is 0 Å². The number of hydrogen-bond donors (Lipinski definition) is 1. The van der Waals surface area contributed by atoms with Gasteiger partial charge in [0, 0.05) is 13.1 Å². The van der Waals surface area contributed by atoms with E-state index in [-0.39, 0.29) is 17.2 Å². The van der Waals surface area contributed by atoms with Crippen molar-refractivity contribution in [2.24, 2.45) is 7.05 Å². The van der Waals surface area contributed by atoms with Gasteiger partial charge in [-0.05, 0) is 31.2 Å². The third kappa shape index (κ3) is 3.50. The highest BCUT2D eigenvalue weighted by Gasteiger charge is 2.17. The van der Waals surface area contributed by atoms with E-state index in [0.29, 0.717) is 5.16 Å². The molecule has 0 saturated carbocycles. The molecule has 1 N–H and O–H groups in total. The molecule has 0 aromatic carbocycles. The van der Waals surface area contributed by atoms with Gasteiger partial charge in [0.1, 0.15) is 0 Å². The van der Waals surface area contributed by atoms with Crippen LogP contribution in [0, 0.1) is 0 Å². The van der Waals surface area contributed by atoms with Crippen molar-refractivity contribution in [1.29, 1.82) is 0 Å². The van der Waals surface area contributed by atoms with Gasteiger partial charge in [0.25, 0.3) is 0 Å². The Morgan fingerprint density at radius 2 is 2.13 bits per heavy atom. The van der Waals surface area contributed by atoms with Crippen molar-refractivity contribution in [3.05, 3.63) is 0 Å². The zero-order valence-electron chi connectivity index (χ0n) is 9.26. The second-order valence-corrected chi connectivity index (χ2v) is 4.82. The summed E-state index contributed by atoms with van der Waals surface area (Å²) in [6, 6.07) is 0.151. The van der Waals surface area contributed by atoms with E-state index in [1.807, 2.05) is 20.8 Å². The van der Waals surface area contributed by atoms with Crippen LogP contribution in [-0.2, 0) is 11.8 Å². The highest BCUT2D eigenvalue weighted by atomic mass is 32.2. The second kappa shape index (κ2) is 5.11. The first-order valence-corrected chi connectivity index (χ1v) is 5.58. The molecule has 7 heteroatoms. The number of aromatic nitrogens is 4. The van der Waals surface area contributed by atoms with Crippen molar-refractivity contribution in [1.82, 2.24) is 25.5 Å². The first kappa shape index (κ1) is 12.0. The van der Waals surface area contributed by atoms with Crippen LogP contribution in [0.25, 0.3) is 0 Å². The van der Waals surface area contributed by atoms with Crippen LogP contribution in [0.3, 0.4) is 0 Å². The number of thioether (sulfide) groups is 1. The number of carbonyl (C=O) groups is 1. The van der Waals surface area contributed by atoms with Crippen molar-refractivity contribution in [2.45, 2.75) is 37.2 Å². The van der Waals surface area contributed by atoms with Gasteiger partial charge in [0.05, 0.1) is 5.25 Å². The van der Waals surface area contributed by atoms with Gasteiger partial charge in [-0.15, -0.1) is 5.10 Å². The third-order valence-electron chi connectivity index (χ3n) is 1.66. The first-order valence-electron chi connectivity index (χ1n) is 4.70. The third-order valence-corrected chi connectivity index (χ3v) is 2.79. The van der Waals surface area contributed by atoms with E-state index < -0.39 is 0 Å². The molecule has 0 aliphatic carbocycles. The molecule has 0 fully saturated rings. The molecule has 0 aliphatic rings. The van der Waals surface area contributed by atoms with E-state index in [0.717, 1.165) is 0 Å². The Morgan fingerprint density at radius 3 is 2.60 bits per heavy atom. The zero-order chi connectivity index (χ0) is 11.4. The maximum absolute atomic E-state index is 11.6. The van der Waals surface area contributed by atoms with Gasteiger partial charge in [-0.2, -0.15) is 0 Å². The predicted octanol–water partition coefficient (Wildman–Crippen LogP) is 0.215. The second-order valence-electron chi connectivity index (χ2n) is 3.51. The molecule has 1 rings (SSSR count). The smallest absolute Gasteiger partial charge is 0.233 e. The first-order chi connectivity index (χ1) is 7.00. The molecule has 0 radical (unpaired) electrons. The van der Waals surface area contributed by atoms with Crippen LogP contribution in [0.2, 0.25) is 0 Å². The number of tetrazole rings is 1. The predicted molar refractivity (Wildman–Crippen MR) is 57.4 cm³/mol. The number of hydrogen-bond acceptors (Lipinski definition) is 5. The lowest BCUT2D eigenvalue weighted by Crippen LogP contribution is -2.36. The Bertz CT molecular complexity index is 338. The van der Waals surface area contributed by atoms with E-state index in [9.17, 15) is 4.79 Å². The van der Waals surface area contributed by atoms with Crippen LogP contribution < -0.4 is 5.32 Å². The summed E-state index contributed by atoms with van der Waals surface area (Å²) in [4.78, 5) is 11.6. The van der Waals surface area contributed by atoms with Crippen LogP contribution in [0.4, 0.5) is 0 Å². The van der Waals surface area contributed by atoms with Crippen LogP contribution in [-0.4, -0.2) is 37.4 Å². The van der Waals surface area contributed by atoms with Crippen molar-refractivity contribution in [2.75, 3.05) is 0 Å². The topological polar surface area (TPSA) is 72.7 Å². The Hall–Kier alpha value is -1.11. The molecular weight excluding hydrogens is 214 g/mol. The molecule has 1 amide bonds. The fraction of sp³-hybridized carbons (Fsp3) is 0.750. The van der Waals surface area contributed by atoms with Crippen molar-refractivity contribution < 1.29 is 4.79 Å². The summed E-state index contributed by atoms with van der Waals surface area (Å²) in [5.41, 5.74) is 0. The minimum absolute atomic E-state index is 0.00185. The highest BCUT2D eigenvalue weighted by Crippen LogP contribution is 2.19. The van der Waals surface area contributed by atoms with Gasteiger partial charge < -0.3 is 5.32 Å². The fourth-order valence-electron chi connectivity index (χ4n) is 0.935. The lowest BCUT2D eigenvalue weighted by molar-refractivity contribution is -0.120. The maximum Gasteiger partial charge on any atom is 0.233 e. The molecule has 0 bridgehead atoms. The van der Waals surface area contributed by atoms with E-state index in [1.165, 1.54) is 11.8 Å². The lowest BCUT2D eigenvalue weighted by atomic mass is 10.3. The quantitative estimate of drug-likeness (QED) is 0.747. The van der Waals surface area contributed by atoms with Crippen LogP contribution in [0.5, 0.6) is 0 Å². The van der Waals surface area contributed by atoms with E-state index in [1.54, 1.807) is 11.7 Å². The summed E-state index contributed by atoms with van der Waals surface area (Å²) in [5.74, 6) is -0.00185. The van der Waals surface area contributed by atoms with Crippen molar-refractivity contribution >= 4 is 17.7 Å². The van der Waals surface area contributed by atoms with Crippen molar-refractivity contribution in [3.8, 4) is 0 Å². The number of nitrogens with one attached hydrogen (secondary N) is 1. The summed E-state index contributed by atoms with van der Waals surface area (Å²) in [5, 5.41) is 14.3. The van der Waals surface area contributed by atoms with Gasteiger partial charge in [0.2, 0.25) is 11.1 Å². The minimum atomic E-state index is -0.197. The Balaban J connectivity index is 2.52. The maximum atomic E-state index is 11.6. The molecule has 1 atom stereocenters. The molecule has 1 aromatic rings. The van der Waals surface area contributed by atoms with E-state index >= 15 is 0 Å². The summed E-state index contributed by atoms with van der Waals surface area (Å²) < 4.78 is 1.55. The zero-order valence-corrected chi connectivity index (χ0v) is 10.1. The SMILES string of the molecule is CC(C)NC(=O)C(C)Sc1nnnn1C. The average molecular weight is 229 g/mol. The van der Waals surface area contributed by atoms with Crippen LogP contribution in [0.15, 0.2) is 5.16 Å². The molecular formula is C8H15N5OS. The largest absolute Gasteiger partial charge is 0.353 e. The molecule has 84 valence electrons. The van der Waals surface area contributed by atoms with Crippen molar-refractivity contribution in [3.63, 3.8) is 0 Å². The number of amides is 1. The van der Waals surface area contributed by atoms with E-state index in [2.05, 4.69) is 20.8 Å². The molecule has 0 saturated heterocycles. The van der Waals surface area contributed by atoms with Gasteiger partial charge in [-0.3, -0.25) is 4.79 Å². The average Bonchev–Trinajstić information content (AvgIpc) is 2.50. The molecule has 0 spiro atoms. The normalized spacial score (nSPS) is 12.9. The molecule has 0 aliphatic heterocycles. The van der Waals surface area contributed by atoms with Gasteiger partial charge >= 0.3 is 0 Å². The summed E-state index contributed by atoms with van der Waals surface area (Å²) in [6.45, 7) is 5.69. The number of aryl methyl sites for hydroxylation is 1. The minimum Gasteiger partial charge on any atom is -0.353 e. The monoisotopic (exact) mass is 229 g/mol. The standard InChI is InChI=1S/C8H15N5OS/c1-5(2)9-7(14)6(3)15-8-10-11-12-13(8)4/h5-6H,1-4H3,(H,9,14). The molecule has 1 aromatic heterocycles. The summed E-state index contributed by atoms with van der Waals surface area (Å²) in [6.07, 6.45) is 0. The number of carbonyl (C=O) groups excluding carboxylic acids is 1. The Kier molecular flexibility index (Phi) is 4.07. The van der Waals surface area contributed by atoms with Gasteiger partial charge in [0.15, 0.2) is 0 Å². The number of rotatable bonds is 4. The summed E-state index contributed by atoms with van der Waals surface area (Å²) >= 11 is 1.34. The lowest BCUT2D eigenvalue weighted by Gasteiger charge is -2.12. The molecule has 1 unspecified atom stereocenters. The van der Waals surface area contributed by atoms with Gasteiger partial charge in [-0.25, -0.2) is 4.68 Å². The number of nitrogens with zero attached hydrogens (tertiary/aromatic N) is 4. The fourth-order valence-corrected chi connectivity index (χ4v) is 1.70. The molecule has 15 heavy (non-hydrogen) atoms.